The molecule has 2 heteroatoms. The highest BCUT2D eigenvalue weighted by Crippen LogP contribution is 2.24. The number of rotatable bonds is 3. The zero-order valence-corrected chi connectivity index (χ0v) is 11.9. The molecule has 0 saturated heterocycles. The predicted molar refractivity (Wildman–Crippen MR) is 75.2 cm³/mol. The topological polar surface area (TPSA) is 3.24 Å². The highest BCUT2D eigenvalue weighted by molar-refractivity contribution is 7.80. The molecule has 0 aliphatic carbocycles. The minimum Gasteiger partial charge on any atom is -0.293 e. The molecular weight excluding hydrogens is 214 g/mol. The molecule has 0 saturated carbocycles. The van der Waals surface area contributed by atoms with Crippen molar-refractivity contribution in [2.24, 2.45) is 0 Å². The SMILES string of the molecule is Cc1cc(C(C)(C)C)ccc1CN(C)CS. The largest absolute Gasteiger partial charge is 0.293 e. The van der Waals surface area contributed by atoms with Crippen molar-refractivity contribution in [2.75, 3.05) is 12.9 Å². The molecule has 0 unspecified atom stereocenters. The van der Waals surface area contributed by atoms with Crippen molar-refractivity contribution in [1.29, 1.82) is 0 Å². The second-order valence-electron chi connectivity index (χ2n) is 5.55. The highest BCUT2D eigenvalue weighted by atomic mass is 32.1. The van der Waals surface area contributed by atoms with Crippen LogP contribution in [0.5, 0.6) is 0 Å². The van der Waals surface area contributed by atoms with Gasteiger partial charge in [-0.05, 0) is 36.1 Å². The zero-order valence-electron chi connectivity index (χ0n) is 11.0. The number of nitrogens with zero attached hydrogens (tertiary/aromatic N) is 1. The van der Waals surface area contributed by atoms with Crippen molar-refractivity contribution in [2.45, 2.75) is 39.7 Å². The molecule has 0 aliphatic rings. The van der Waals surface area contributed by atoms with Crippen molar-refractivity contribution in [1.82, 2.24) is 4.90 Å². The molecule has 0 N–H and O–H groups in total. The Balaban J connectivity index is 2.92. The van der Waals surface area contributed by atoms with Crippen LogP contribution in [0.3, 0.4) is 0 Å². The molecule has 0 spiro atoms. The van der Waals surface area contributed by atoms with Crippen LogP contribution < -0.4 is 0 Å². The third-order valence-electron chi connectivity index (χ3n) is 2.89. The van der Waals surface area contributed by atoms with Crippen LogP contribution in [0.2, 0.25) is 0 Å². The molecule has 0 bridgehead atoms. The van der Waals surface area contributed by atoms with E-state index in [0.29, 0.717) is 0 Å². The second-order valence-corrected chi connectivity index (χ2v) is 5.83. The van der Waals surface area contributed by atoms with Gasteiger partial charge in [0.1, 0.15) is 0 Å². The monoisotopic (exact) mass is 237 g/mol. The van der Waals surface area contributed by atoms with Crippen molar-refractivity contribution in [3.8, 4) is 0 Å². The summed E-state index contributed by atoms with van der Waals surface area (Å²) >= 11 is 4.27. The average Bonchev–Trinajstić information content (AvgIpc) is 2.19. The first-order chi connectivity index (χ1) is 7.34. The lowest BCUT2D eigenvalue weighted by Gasteiger charge is -2.22. The van der Waals surface area contributed by atoms with Gasteiger partial charge in [-0.15, -0.1) is 0 Å². The maximum Gasteiger partial charge on any atom is 0.0414 e. The lowest BCUT2D eigenvalue weighted by molar-refractivity contribution is 0.386. The number of benzene rings is 1. The van der Waals surface area contributed by atoms with E-state index in [9.17, 15) is 0 Å². The molecule has 1 aromatic carbocycles. The van der Waals surface area contributed by atoms with E-state index in [1.807, 2.05) is 0 Å². The fourth-order valence-electron chi connectivity index (χ4n) is 1.68. The molecule has 0 amide bonds. The third kappa shape index (κ3) is 3.53. The van der Waals surface area contributed by atoms with E-state index in [4.69, 9.17) is 0 Å². The van der Waals surface area contributed by atoms with Gasteiger partial charge >= 0.3 is 0 Å². The van der Waals surface area contributed by atoms with Gasteiger partial charge in [0.25, 0.3) is 0 Å². The molecule has 16 heavy (non-hydrogen) atoms. The molecule has 1 rings (SSSR count). The van der Waals surface area contributed by atoms with E-state index < -0.39 is 0 Å². The molecule has 0 radical (unpaired) electrons. The summed E-state index contributed by atoms with van der Waals surface area (Å²) in [5, 5.41) is 0. The number of aryl methyl sites for hydroxylation is 1. The summed E-state index contributed by atoms with van der Waals surface area (Å²) in [5.41, 5.74) is 4.41. The van der Waals surface area contributed by atoms with Gasteiger partial charge in [-0.3, -0.25) is 4.90 Å². The maximum absolute atomic E-state index is 4.27. The summed E-state index contributed by atoms with van der Waals surface area (Å²) in [6.07, 6.45) is 0. The van der Waals surface area contributed by atoms with Crippen LogP contribution in [0.15, 0.2) is 18.2 Å². The van der Waals surface area contributed by atoms with Crippen molar-refractivity contribution in [3.05, 3.63) is 34.9 Å². The van der Waals surface area contributed by atoms with Crippen LogP contribution in [-0.4, -0.2) is 17.8 Å². The average molecular weight is 237 g/mol. The number of hydrogen-bond acceptors (Lipinski definition) is 2. The summed E-state index contributed by atoms with van der Waals surface area (Å²) in [6, 6.07) is 6.80. The van der Waals surface area contributed by atoms with Crippen LogP contribution >= 0.6 is 12.6 Å². The smallest absolute Gasteiger partial charge is 0.0414 e. The molecule has 0 fully saturated rings. The van der Waals surface area contributed by atoms with E-state index in [-0.39, 0.29) is 5.41 Å². The van der Waals surface area contributed by atoms with Crippen LogP contribution in [0, 0.1) is 6.92 Å². The Labute approximate surface area is 105 Å². The minimum absolute atomic E-state index is 0.235. The van der Waals surface area contributed by atoms with Gasteiger partial charge in [0, 0.05) is 12.4 Å². The Morgan fingerprint density at radius 3 is 2.31 bits per heavy atom. The minimum atomic E-state index is 0.235. The standard InChI is InChI=1S/C14H23NS/c1-11-8-13(14(2,3)4)7-6-12(11)9-15(5)10-16/h6-8,16H,9-10H2,1-5H3. The lowest BCUT2D eigenvalue weighted by Crippen LogP contribution is -2.17. The van der Waals surface area contributed by atoms with Gasteiger partial charge in [0.2, 0.25) is 0 Å². The van der Waals surface area contributed by atoms with Crippen LogP contribution in [-0.2, 0) is 12.0 Å². The normalized spacial score (nSPS) is 12.2. The quantitative estimate of drug-likeness (QED) is 0.621. The van der Waals surface area contributed by atoms with Gasteiger partial charge in [-0.25, -0.2) is 0 Å². The Morgan fingerprint density at radius 2 is 1.88 bits per heavy atom. The maximum atomic E-state index is 4.27. The Hall–Kier alpha value is -0.470. The molecule has 1 aromatic rings. The van der Waals surface area contributed by atoms with E-state index in [1.165, 1.54) is 16.7 Å². The Kier molecular flexibility index (Phi) is 4.45. The van der Waals surface area contributed by atoms with Gasteiger partial charge in [-0.2, -0.15) is 12.6 Å². The summed E-state index contributed by atoms with van der Waals surface area (Å²) in [6.45, 7) is 9.92. The summed E-state index contributed by atoms with van der Waals surface area (Å²) in [4.78, 5) is 2.20. The van der Waals surface area contributed by atoms with Gasteiger partial charge in [-0.1, -0.05) is 39.0 Å². The van der Waals surface area contributed by atoms with E-state index in [1.54, 1.807) is 0 Å². The first-order valence-corrected chi connectivity index (χ1v) is 6.37. The summed E-state index contributed by atoms with van der Waals surface area (Å²) < 4.78 is 0. The number of hydrogen-bond donors (Lipinski definition) is 1. The number of thiol groups is 1. The van der Waals surface area contributed by atoms with Crippen LogP contribution in [0.1, 0.15) is 37.5 Å². The first kappa shape index (κ1) is 13.6. The highest BCUT2D eigenvalue weighted by Gasteiger charge is 2.14. The van der Waals surface area contributed by atoms with Crippen molar-refractivity contribution < 1.29 is 0 Å². The van der Waals surface area contributed by atoms with Crippen LogP contribution in [0.4, 0.5) is 0 Å². The van der Waals surface area contributed by atoms with Gasteiger partial charge in [0.15, 0.2) is 0 Å². The fourth-order valence-corrected chi connectivity index (χ4v) is 1.78. The Bertz CT molecular complexity index is 352. The van der Waals surface area contributed by atoms with Gasteiger partial charge < -0.3 is 0 Å². The first-order valence-electron chi connectivity index (χ1n) is 5.74. The van der Waals surface area contributed by atoms with Gasteiger partial charge in [0.05, 0.1) is 0 Å². The Morgan fingerprint density at radius 1 is 1.25 bits per heavy atom. The third-order valence-corrected chi connectivity index (χ3v) is 3.37. The molecule has 0 aliphatic heterocycles. The summed E-state index contributed by atoms with van der Waals surface area (Å²) in [5.74, 6) is 0.792. The van der Waals surface area contributed by atoms with Crippen molar-refractivity contribution >= 4 is 12.6 Å². The zero-order chi connectivity index (χ0) is 12.3. The summed E-state index contributed by atoms with van der Waals surface area (Å²) in [7, 11) is 2.09. The fraction of sp³-hybridized carbons (Fsp3) is 0.571. The molecule has 0 heterocycles. The molecule has 1 nitrogen and oxygen atoms in total. The van der Waals surface area contributed by atoms with E-state index in [0.717, 1.165) is 12.4 Å². The molecule has 0 atom stereocenters. The van der Waals surface area contributed by atoms with Crippen molar-refractivity contribution in [3.63, 3.8) is 0 Å². The molecular formula is C14H23NS. The second kappa shape index (κ2) is 5.24. The van der Waals surface area contributed by atoms with Crippen LogP contribution in [0.25, 0.3) is 0 Å². The molecule has 90 valence electrons. The molecule has 0 aromatic heterocycles. The predicted octanol–water partition coefficient (Wildman–Crippen LogP) is 3.61. The van der Waals surface area contributed by atoms with E-state index in [2.05, 4.69) is 70.5 Å². The lowest BCUT2D eigenvalue weighted by atomic mass is 9.85. The van der Waals surface area contributed by atoms with E-state index >= 15 is 0 Å².